The van der Waals surface area contributed by atoms with Crippen molar-refractivity contribution in [2.45, 2.75) is 6.61 Å². The zero-order valence-corrected chi connectivity index (χ0v) is 13.1. The molecule has 3 aromatic rings. The molecule has 0 amide bonds. The molecule has 0 radical (unpaired) electrons. The van der Waals surface area contributed by atoms with Crippen molar-refractivity contribution in [1.29, 1.82) is 0 Å². The van der Waals surface area contributed by atoms with Crippen LogP contribution < -0.4 is 16.2 Å². The SMILES string of the molecule is Cn1c(=O)c2c(-c3ccccc3)c3c([nH+]c2n(C)c1=O)COC3=O. The Morgan fingerprint density at radius 1 is 1.00 bits per heavy atom. The molecule has 1 aromatic carbocycles. The van der Waals surface area contributed by atoms with Gasteiger partial charge in [0.05, 0.1) is 7.05 Å². The number of rotatable bonds is 1. The highest BCUT2D eigenvalue weighted by Crippen LogP contribution is 2.32. The number of nitrogens with zero attached hydrogens (tertiary/aromatic N) is 2. The number of carbonyl (C=O) groups excluding carboxylic acids is 1. The average molecular weight is 324 g/mol. The van der Waals surface area contributed by atoms with Gasteiger partial charge in [0, 0.05) is 12.6 Å². The molecule has 0 saturated carbocycles. The Hall–Kier alpha value is -3.22. The van der Waals surface area contributed by atoms with Crippen molar-refractivity contribution in [3.05, 3.63) is 62.4 Å². The molecule has 0 fully saturated rings. The van der Waals surface area contributed by atoms with Crippen LogP contribution in [0.2, 0.25) is 0 Å². The minimum absolute atomic E-state index is 0.0906. The molecule has 24 heavy (non-hydrogen) atoms. The fraction of sp³-hybridized carbons (Fsp3) is 0.176. The maximum atomic E-state index is 12.8. The van der Waals surface area contributed by atoms with E-state index in [4.69, 9.17) is 4.74 Å². The van der Waals surface area contributed by atoms with Crippen LogP contribution in [0.15, 0.2) is 39.9 Å². The van der Waals surface area contributed by atoms with Gasteiger partial charge in [-0.05, 0) is 5.56 Å². The minimum Gasteiger partial charge on any atom is -0.453 e. The van der Waals surface area contributed by atoms with Crippen LogP contribution >= 0.6 is 0 Å². The van der Waals surface area contributed by atoms with E-state index < -0.39 is 17.2 Å². The summed E-state index contributed by atoms with van der Waals surface area (Å²) in [7, 11) is 3.00. The second-order valence-electron chi connectivity index (χ2n) is 5.73. The first-order valence-electron chi connectivity index (χ1n) is 7.41. The Bertz CT molecular complexity index is 1130. The lowest BCUT2D eigenvalue weighted by Crippen LogP contribution is -2.40. The first-order valence-corrected chi connectivity index (χ1v) is 7.41. The molecule has 1 N–H and O–H groups in total. The quantitative estimate of drug-likeness (QED) is 0.606. The molecule has 0 saturated heterocycles. The highest BCUT2D eigenvalue weighted by molar-refractivity contribution is 6.07. The van der Waals surface area contributed by atoms with Gasteiger partial charge >= 0.3 is 11.7 Å². The first-order chi connectivity index (χ1) is 11.5. The number of ether oxygens (including phenoxy) is 1. The number of aryl methyl sites for hydroxylation is 1. The van der Waals surface area contributed by atoms with Crippen LogP contribution in [-0.2, 0) is 25.4 Å². The summed E-state index contributed by atoms with van der Waals surface area (Å²) < 4.78 is 7.53. The highest BCUT2D eigenvalue weighted by atomic mass is 16.5. The molecule has 0 atom stereocenters. The van der Waals surface area contributed by atoms with E-state index in [1.54, 1.807) is 7.05 Å². The van der Waals surface area contributed by atoms with Gasteiger partial charge in [-0.15, -0.1) is 0 Å². The number of aromatic nitrogens is 3. The van der Waals surface area contributed by atoms with Crippen molar-refractivity contribution in [1.82, 2.24) is 9.13 Å². The van der Waals surface area contributed by atoms with Crippen molar-refractivity contribution in [3.8, 4) is 11.1 Å². The fourth-order valence-electron chi connectivity index (χ4n) is 3.13. The fourth-order valence-corrected chi connectivity index (χ4v) is 3.13. The lowest BCUT2D eigenvalue weighted by atomic mass is 9.96. The Morgan fingerprint density at radius 3 is 2.42 bits per heavy atom. The molecule has 0 unspecified atom stereocenters. The van der Waals surface area contributed by atoms with Gasteiger partial charge in [0.15, 0.2) is 12.3 Å². The molecule has 120 valence electrons. The molecule has 3 heterocycles. The predicted molar refractivity (Wildman–Crippen MR) is 85.5 cm³/mol. The van der Waals surface area contributed by atoms with E-state index in [0.29, 0.717) is 27.9 Å². The number of pyridine rings is 1. The van der Waals surface area contributed by atoms with Gasteiger partial charge in [0.25, 0.3) is 11.2 Å². The zero-order chi connectivity index (χ0) is 17.0. The van der Waals surface area contributed by atoms with Crippen LogP contribution in [0.5, 0.6) is 0 Å². The van der Waals surface area contributed by atoms with E-state index in [1.165, 1.54) is 11.6 Å². The van der Waals surface area contributed by atoms with Gasteiger partial charge in [0.1, 0.15) is 10.9 Å². The van der Waals surface area contributed by atoms with E-state index in [9.17, 15) is 14.4 Å². The Morgan fingerprint density at radius 2 is 1.71 bits per heavy atom. The molecule has 0 bridgehead atoms. The molecule has 4 rings (SSSR count). The van der Waals surface area contributed by atoms with Crippen molar-refractivity contribution in [3.63, 3.8) is 0 Å². The molecule has 7 heteroatoms. The maximum absolute atomic E-state index is 12.8. The number of esters is 1. The van der Waals surface area contributed by atoms with Gasteiger partial charge in [0.2, 0.25) is 0 Å². The number of carbonyl (C=O) groups is 1. The van der Waals surface area contributed by atoms with Crippen molar-refractivity contribution in [2.75, 3.05) is 0 Å². The monoisotopic (exact) mass is 324 g/mol. The summed E-state index contributed by atoms with van der Waals surface area (Å²) in [6, 6.07) is 9.16. The number of H-pyrrole nitrogens is 1. The number of hydrogen-bond acceptors (Lipinski definition) is 4. The summed E-state index contributed by atoms with van der Waals surface area (Å²) in [5.74, 6) is -0.474. The van der Waals surface area contributed by atoms with Gasteiger partial charge in [-0.3, -0.25) is 4.79 Å². The van der Waals surface area contributed by atoms with E-state index in [2.05, 4.69) is 4.98 Å². The molecular formula is C17H14N3O4+. The van der Waals surface area contributed by atoms with Crippen LogP contribution in [0.4, 0.5) is 0 Å². The molecule has 1 aliphatic heterocycles. The second kappa shape index (κ2) is 4.89. The zero-order valence-electron chi connectivity index (χ0n) is 13.1. The van der Waals surface area contributed by atoms with Gasteiger partial charge in [-0.2, -0.15) is 4.57 Å². The molecule has 2 aromatic heterocycles. The van der Waals surface area contributed by atoms with Crippen LogP contribution in [0.25, 0.3) is 22.2 Å². The molecule has 0 spiro atoms. The van der Waals surface area contributed by atoms with Gasteiger partial charge in [-0.1, -0.05) is 30.3 Å². The van der Waals surface area contributed by atoms with Crippen LogP contribution in [0, 0.1) is 0 Å². The minimum atomic E-state index is -0.474. The summed E-state index contributed by atoms with van der Waals surface area (Å²) >= 11 is 0. The summed E-state index contributed by atoms with van der Waals surface area (Å²) in [5, 5.41) is 0.295. The maximum Gasteiger partial charge on any atom is 0.417 e. The number of cyclic esters (lactones) is 1. The Kier molecular flexibility index (Phi) is 2.93. The van der Waals surface area contributed by atoms with Gasteiger partial charge in [-0.25, -0.2) is 19.1 Å². The number of aromatic amines is 1. The molecular weight excluding hydrogens is 310 g/mol. The van der Waals surface area contributed by atoms with Gasteiger partial charge < -0.3 is 4.74 Å². The Labute approximate surface area is 135 Å². The summed E-state index contributed by atoms with van der Waals surface area (Å²) in [6.07, 6.45) is 0. The number of benzene rings is 1. The molecule has 1 aliphatic rings. The van der Waals surface area contributed by atoms with E-state index >= 15 is 0 Å². The summed E-state index contributed by atoms with van der Waals surface area (Å²) in [6.45, 7) is 0.0906. The highest BCUT2D eigenvalue weighted by Gasteiger charge is 2.34. The summed E-state index contributed by atoms with van der Waals surface area (Å²) in [4.78, 5) is 40.3. The number of hydrogen-bond donors (Lipinski definition) is 0. The van der Waals surface area contributed by atoms with E-state index in [-0.39, 0.29) is 6.61 Å². The molecule has 7 nitrogen and oxygen atoms in total. The predicted octanol–water partition coefficient (Wildman–Crippen LogP) is 0.389. The summed E-state index contributed by atoms with van der Waals surface area (Å²) in [5.41, 5.74) is 1.62. The topological polar surface area (TPSA) is 84.4 Å². The van der Waals surface area contributed by atoms with Crippen molar-refractivity contribution >= 4 is 17.0 Å². The second-order valence-corrected chi connectivity index (χ2v) is 5.73. The van der Waals surface area contributed by atoms with E-state index in [0.717, 1.165) is 10.1 Å². The van der Waals surface area contributed by atoms with Crippen molar-refractivity contribution in [2.24, 2.45) is 14.1 Å². The first kappa shape index (κ1) is 14.4. The normalized spacial score (nSPS) is 13.2. The third kappa shape index (κ3) is 1.78. The standard InChI is InChI=1S/C17H13N3O4/c1-19-14-13(15(21)20(2)17(19)23)11(9-6-4-3-5-7-9)12-10(18-14)8-24-16(12)22/h3-7H,8H2,1-2H3/p+1. The number of nitrogens with one attached hydrogen (secondary N) is 1. The lowest BCUT2D eigenvalue weighted by molar-refractivity contribution is -0.365. The van der Waals surface area contributed by atoms with E-state index in [1.807, 2.05) is 30.3 Å². The van der Waals surface area contributed by atoms with Crippen molar-refractivity contribution < 1.29 is 14.5 Å². The smallest absolute Gasteiger partial charge is 0.417 e. The van der Waals surface area contributed by atoms with Crippen LogP contribution in [-0.4, -0.2) is 15.1 Å². The molecule has 0 aliphatic carbocycles. The van der Waals surface area contributed by atoms with Crippen LogP contribution in [0.3, 0.4) is 0 Å². The third-order valence-corrected chi connectivity index (χ3v) is 4.35. The van der Waals surface area contributed by atoms with Crippen LogP contribution in [0.1, 0.15) is 16.1 Å². The number of fused-ring (bicyclic) bond motifs is 2. The largest absolute Gasteiger partial charge is 0.453 e. The third-order valence-electron chi connectivity index (χ3n) is 4.35. The lowest BCUT2D eigenvalue weighted by Gasteiger charge is -2.09. The average Bonchev–Trinajstić information content (AvgIpc) is 2.98. The Balaban J connectivity index is 2.32.